The van der Waals surface area contributed by atoms with Gasteiger partial charge in [-0.3, -0.25) is 4.79 Å². The van der Waals surface area contributed by atoms with E-state index in [0.29, 0.717) is 6.54 Å². The van der Waals surface area contributed by atoms with Crippen molar-refractivity contribution in [1.82, 2.24) is 10.2 Å². The number of amides is 1. The topological polar surface area (TPSA) is 32.3 Å². The number of carbonyl (C=O) groups is 1. The van der Waals surface area contributed by atoms with Gasteiger partial charge >= 0.3 is 0 Å². The van der Waals surface area contributed by atoms with Crippen molar-refractivity contribution in [2.45, 2.75) is 19.9 Å². The third-order valence-corrected chi connectivity index (χ3v) is 2.63. The second kappa shape index (κ2) is 5.66. The van der Waals surface area contributed by atoms with Gasteiger partial charge in [0.2, 0.25) is 5.91 Å². The molecule has 0 aromatic heterocycles. The molecule has 0 bridgehead atoms. The summed E-state index contributed by atoms with van der Waals surface area (Å²) in [7, 11) is 4.04. The Labute approximate surface area is 97.5 Å². The van der Waals surface area contributed by atoms with Crippen molar-refractivity contribution < 1.29 is 4.79 Å². The van der Waals surface area contributed by atoms with Gasteiger partial charge in [0, 0.05) is 13.5 Å². The molecule has 0 saturated carbocycles. The maximum absolute atomic E-state index is 10.9. The van der Waals surface area contributed by atoms with E-state index in [1.807, 2.05) is 14.1 Å². The standard InChI is InChI=1S/C13H20N2O/c1-10-5-7-12(8-6-10)13(15(3)4)9-14-11(2)16/h5-8,13H,9H2,1-4H3,(H,14,16)/t13-/m1/s1. The van der Waals surface area contributed by atoms with E-state index >= 15 is 0 Å². The Kier molecular flexibility index (Phi) is 4.50. The fourth-order valence-corrected chi connectivity index (χ4v) is 1.63. The number of rotatable bonds is 4. The van der Waals surface area contributed by atoms with Gasteiger partial charge in [0.15, 0.2) is 0 Å². The Bertz CT molecular complexity index is 343. The normalized spacial score (nSPS) is 12.6. The van der Waals surface area contributed by atoms with Crippen LogP contribution in [0.1, 0.15) is 24.1 Å². The zero-order chi connectivity index (χ0) is 12.1. The largest absolute Gasteiger partial charge is 0.354 e. The van der Waals surface area contributed by atoms with E-state index in [9.17, 15) is 4.79 Å². The van der Waals surface area contributed by atoms with Gasteiger partial charge in [-0.05, 0) is 26.6 Å². The number of carbonyl (C=O) groups excluding carboxylic acids is 1. The van der Waals surface area contributed by atoms with E-state index in [4.69, 9.17) is 0 Å². The van der Waals surface area contributed by atoms with Crippen molar-refractivity contribution >= 4 is 5.91 Å². The Hall–Kier alpha value is -1.35. The molecular weight excluding hydrogens is 200 g/mol. The Morgan fingerprint density at radius 1 is 1.31 bits per heavy atom. The molecule has 3 heteroatoms. The lowest BCUT2D eigenvalue weighted by atomic mass is 10.0. The fraction of sp³-hybridized carbons (Fsp3) is 0.462. The van der Waals surface area contributed by atoms with Gasteiger partial charge in [0.1, 0.15) is 0 Å². The number of hydrogen-bond acceptors (Lipinski definition) is 2. The van der Waals surface area contributed by atoms with E-state index in [1.54, 1.807) is 6.92 Å². The molecule has 1 rings (SSSR count). The first-order chi connectivity index (χ1) is 7.50. The van der Waals surface area contributed by atoms with Gasteiger partial charge < -0.3 is 10.2 Å². The number of hydrogen-bond donors (Lipinski definition) is 1. The highest BCUT2D eigenvalue weighted by Crippen LogP contribution is 2.17. The van der Waals surface area contributed by atoms with Crippen LogP contribution in [0, 0.1) is 6.92 Å². The maximum Gasteiger partial charge on any atom is 0.216 e. The summed E-state index contributed by atoms with van der Waals surface area (Å²) in [6.07, 6.45) is 0. The van der Waals surface area contributed by atoms with Crippen LogP contribution in [-0.2, 0) is 4.79 Å². The summed E-state index contributed by atoms with van der Waals surface area (Å²) in [5, 5.41) is 2.86. The first-order valence-electron chi connectivity index (χ1n) is 5.48. The van der Waals surface area contributed by atoms with Crippen LogP contribution in [0.25, 0.3) is 0 Å². The van der Waals surface area contributed by atoms with Crippen LogP contribution in [0.5, 0.6) is 0 Å². The molecule has 0 fully saturated rings. The minimum atomic E-state index is 0.0129. The lowest BCUT2D eigenvalue weighted by Gasteiger charge is -2.25. The van der Waals surface area contributed by atoms with Crippen molar-refractivity contribution in [3.63, 3.8) is 0 Å². The molecule has 1 aromatic rings. The third-order valence-electron chi connectivity index (χ3n) is 2.63. The quantitative estimate of drug-likeness (QED) is 0.838. The summed E-state index contributed by atoms with van der Waals surface area (Å²) in [5.74, 6) is 0.0129. The van der Waals surface area contributed by atoms with Gasteiger partial charge in [-0.15, -0.1) is 0 Å². The van der Waals surface area contributed by atoms with E-state index in [-0.39, 0.29) is 11.9 Å². The highest BCUT2D eigenvalue weighted by molar-refractivity contribution is 5.72. The minimum Gasteiger partial charge on any atom is -0.354 e. The average molecular weight is 220 g/mol. The summed E-state index contributed by atoms with van der Waals surface area (Å²) >= 11 is 0. The lowest BCUT2D eigenvalue weighted by Crippen LogP contribution is -2.33. The van der Waals surface area contributed by atoms with Crippen molar-refractivity contribution in [1.29, 1.82) is 0 Å². The first-order valence-corrected chi connectivity index (χ1v) is 5.48. The van der Waals surface area contributed by atoms with Crippen molar-refractivity contribution in [3.05, 3.63) is 35.4 Å². The van der Waals surface area contributed by atoms with Crippen molar-refractivity contribution in [2.24, 2.45) is 0 Å². The van der Waals surface area contributed by atoms with Crippen LogP contribution in [0.15, 0.2) is 24.3 Å². The fourth-order valence-electron chi connectivity index (χ4n) is 1.63. The lowest BCUT2D eigenvalue weighted by molar-refractivity contribution is -0.119. The molecule has 0 radical (unpaired) electrons. The van der Waals surface area contributed by atoms with Gasteiger partial charge in [-0.2, -0.15) is 0 Å². The highest BCUT2D eigenvalue weighted by atomic mass is 16.1. The third kappa shape index (κ3) is 3.66. The minimum absolute atomic E-state index is 0.0129. The van der Waals surface area contributed by atoms with Crippen LogP contribution in [0.4, 0.5) is 0 Å². The molecule has 0 spiro atoms. The molecule has 0 unspecified atom stereocenters. The van der Waals surface area contributed by atoms with Crippen LogP contribution in [0.2, 0.25) is 0 Å². The summed E-state index contributed by atoms with van der Waals surface area (Å²) in [6.45, 7) is 4.26. The molecular formula is C13H20N2O. The molecule has 0 aliphatic heterocycles. The molecule has 0 aliphatic carbocycles. The predicted octanol–water partition coefficient (Wildman–Crippen LogP) is 1.73. The highest BCUT2D eigenvalue weighted by Gasteiger charge is 2.13. The van der Waals surface area contributed by atoms with E-state index in [1.165, 1.54) is 11.1 Å². The molecule has 0 saturated heterocycles. The van der Waals surface area contributed by atoms with E-state index in [2.05, 4.69) is 41.4 Å². The number of benzene rings is 1. The monoisotopic (exact) mass is 220 g/mol. The second-order valence-corrected chi connectivity index (χ2v) is 4.33. The zero-order valence-electron chi connectivity index (χ0n) is 10.4. The van der Waals surface area contributed by atoms with Crippen LogP contribution >= 0.6 is 0 Å². The molecule has 1 atom stereocenters. The van der Waals surface area contributed by atoms with Crippen molar-refractivity contribution in [3.8, 4) is 0 Å². The Morgan fingerprint density at radius 2 is 1.88 bits per heavy atom. The number of nitrogens with zero attached hydrogens (tertiary/aromatic N) is 1. The second-order valence-electron chi connectivity index (χ2n) is 4.33. The molecule has 16 heavy (non-hydrogen) atoms. The Balaban J connectivity index is 2.77. The summed E-state index contributed by atoms with van der Waals surface area (Å²) in [4.78, 5) is 13.0. The average Bonchev–Trinajstić information content (AvgIpc) is 2.20. The van der Waals surface area contributed by atoms with Gasteiger partial charge in [0.25, 0.3) is 0 Å². The zero-order valence-corrected chi connectivity index (χ0v) is 10.4. The van der Waals surface area contributed by atoms with E-state index < -0.39 is 0 Å². The smallest absolute Gasteiger partial charge is 0.216 e. The molecule has 0 heterocycles. The van der Waals surface area contributed by atoms with Crippen LogP contribution in [0.3, 0.4) is 0 Å². The predicted molar refractivity (Wildman–Crippen MR) is 66.3 cm³/mol. The summed E-state index contributed by atoms with van der Waals surface area (Å²) < 4.78 is 0. The molecule has 1 N–H and O–H groups in total. The van der Waals surface area contributed by atoms with Crippen LogP contribution in [-0.4, -0.2) is 31.4 Å². The molecule has 0 aliphatic rings. The summed E-state index contributed by atoms with van der Waals surface area (Å²) in [6, 6.07) is 8.65. The Morgan fingerprint density at radius 3 is 2.31 bits per heavy atom. The molecule has 1 amide bonds. The number of aryl methyl sites for hydroxylation is 1. The molecule has 88 valence electrons. The molecule has 3 nitrogen and oxygen atoms in total. The summed E-state index contributed by atoms with van der Waals surface area (Å²) in [5.41, 5.74) is 2.48. The SMILES string of the molecule is CC(=O)NC[C@H](c1ccc(C)cc1)N(C)C. The van der Waals surface area contributed by atoms with Gasteiger partial charge in [-0.25, -0.2) is 0 Å². The van der Waals surface area contributed by atoms with Gasteiger partial charge in [-0.1, -0.05) is 29.8 Å². The first kappa shape index (κ1) is 12.7. The van der Waals surface area contributed by atoms with Crippen molar-refractivity contribution in [2.75, 3.05) is 20.6 Å². The maximum atomic E-state index is 10.9. The van der Waals surface area contributed by atoms with Gasteiger partial charge in [0.05, 0.1) is 6.04 Å². The van der Waals surface area contributed by atoms with E-state index in [0.717, 1.165) is 0 Å². The molecule has 1 aromatic carbocycles. The van der Waals surface area contributed by atoms with Crippen LogP contribution < -0.4 is 5.32 Å². The number of likely N-dealkylation sites (N-methyl/N-ethyl adjacent to an activating group) is 1. The number of nitrogens with one attached hydrogen (secondary N) is 1.